The molecular formula is C16H18F5NS. The van der Waals surface area contributed by atoms with Crippen LogP contribution in [0.4, 0.5) is 27.6 Å². The summed E-state index contributed by atoms with van der Waals surface area (Å²) in [4.78, 5) is 4.29. The minimum absolute atomic E-state index is 0.154. The van der Waals surface area contributed by atoms with Gasteiger partial charge in [0.05, 0.1) is 16.6 Å². The molecule has 1 saturated carbocycles. The van der Waals surface area contributed by atoms with Gasteiger partial charge in [0.15, 0.2) is 11.6 Å². The predicted molar refractivity (Wildman–Crippen MR) is 83.1 cm³/mol. The van der Waals surface area contributed by atoms with Crippen molar-refractivity contribution in [2.75, 3.05) is 6.26 Å². The molecule has 1 aliphatic rings. The molecule has 0 saturated heterocycles. The van der Waals surface area contributed by atoms with E-state index >= 15 is 0 Å². The molecular weight excluding hydrogens is 333 g/mol. The van der Waals surface area contributed by atoms with Gasteiger partial charge in [-0.1, -0.05) is 0 Å². The van der Waals surface area contributed by atoms with Crippen molar-refractivity contribution in [1.29, 1.82) is 0 Å². The molecule has 2 rings (SSSR count). The second kappa shape index (κ2) is 7.64. The number of nitrogens with zero attached hydrogens (tertiary/aromatic N) is 1. The average Bonchev–Trinajstić information content (AvgIpc) is 2.50. The van der Waals surface area contributed by atoms with Crippen LogP contribution in [0.5, 0.6) is 0 Å². The Morgan fingerprint density at radius 2 is 1.78 bits per heavy atom. The molecule has 1 nitrogen and oxygen atoms in total. The van der Waals surface area contributed by atoms with Crippen molar-refractivity contribution in [3.05, 3.63) is 29.8 Å². The minimum Gasteiger partial charge on any atom is -0.246 e. The summed E-state index contributed by atoms with van der Waals surface area (Å²) in [5.74, 6) is -2.93. The van der Waals surface area contributed by atoms with Crippen molar-refractivity contribution in [1.82, 2.24) is 0 Å². The summed E-state index contributed by atoms with van der Waals surface area (Å²) < 4.78 is 64.1. The Hall–Kier alpha value is -1.11. The molecule has 0 heterocycles. The van der Waals surface area contributed by atoms with E-state index < -0.39 is 23.7 Å². The number of thioether (sulfide) groups is 1. The van der Waals surface area contributed by atoms with Gasteiger partial charge in [-0.25, -0.2) is 13.8 Å². The maximum absolute atomic E-state index is 13.2. The van der Waals surface area contributed by atoms with Gasteiger partial charge in [0.2, 0.25) is 0 Å². The van der Waals surface area contributed by atoms with Crippen LogP contribution < -0.4 is 0 Å². The second-order valence-corrected chi connectivity index (χ2v) is 6.65. The van der Waals surface area contributed by atoms with Gasteiger partial charge < -0.3 is 0 Å². The lowest BCUT2D eigenvalue weighted by molar-refractivity contribution is -0.183. The van der Waals surface area contributed by atoms with Crippen LogP contribution in [0.15, 0.2) is 23.2 Å². The van der Waals surface area contributed by atoms with Gasteiger partial charge in [-0.3, -0.25) is 0 Å². The zero-order valence-corrected chi connectivity index (χ0v) is 13.5. The van der Waals surface area contributed by atoms with Gasteiger partial charge in [-0.15, -0.1) is 11.8 Å². The molecule has 0 amide bonds. The van der Waals surface area contributed by atoms with Crippen molar-refractivity contribution >= 4 is 22.5 Å². The highest BCUT2D eigenvalue weighted by Crippen LogP contribution is 2.41. The Balaban J connectivity index is 1.97. The van der Waals surface area contributed by atoms with E-state index in [0.29, 0.717) is 24.9 Å². The van der Waals surface area contributed by atoms with Crippen LogP contribution >= 0.6 is 11.8 Å². The van der Waals surface area contributed by atoms with Crippen LogP contribution in [0.2, 0.25) is 0 Å². The molecule has 7 heteroatoms. The molecule has 0 spiro atoms. The van der Waals surface area contributed by atoms with Gasteiger partial charge in [-0.2, -0.15) is 13.2 Å². The maximum atomic E-state index is 13.2. The standard InChI is InChI=1S/C16H18F5NS/c1-23-15(22-12-6-7-13(17)14(18)9-12)8-10-2-4-11(5-3-10)16(19,20)21/h6-7,9-11H,2-5,8H2,1H3. The Morgan fingerprint density at radius 1 is 1.13 bits per heavy atom. The van der Waals surface area contributed by atoms with Gasteiger partial charge in [0.1, 0.15) is 0 Å². The highest BCUT2D eigenvalue weighted by Gasteiger charge is 2.41. The van der Waals surface area contributed by atoms with Crippen molar-refractivity contribution in [2.45, 2.75) is 38.3 Å². The zero-order chi connectivity index (χ0) is 17.0. The van der Waals surface area contributed by atoms with Gasteiger partial charge in [0.25, 0.3) is 0 Å². The van der Waals surface area contributed by atoms with Crippen LogP contribution in [0.3, 0.4) is 0 Å². The molecule has 0 atom stereocenters. The molecule has 0 N–H and O–H groups in total. The van der Waals surface area contributed by atoms with Gasteiger partial charge in [0, 0.05) is 6.07 Å². The number of halogens is 5. The molecule has 0 aliphatic heterocycles. The van der Waals surface area contributed by atoms with Crippen LogP contribution in [0.1, 0.15) is 32.1 Å². The van der Waals surface area contributed by atoms with E-state index in [4.69, 9.17) is 0 Å². The molecule has 128 valence electrons. The van der Waals surface area contributed by atoms with E-state index in [1.165, 1.54) is 17.8 Å². The van der Waals surface area contributed by atoms with Crippen molar-refractivity contribution < 1.29 is 22.0 Å². The monoisotopic (exact) mass is 351 g/mol. The molecule has 0 aromatic heterocycles. The van der Waals surface area contributed by atoms with E-state index in [0.717, 1.165) is 17.2 Å². The minimum atomic E-state index is -4.10. The number of alkyl halides is 3. The first-order valence-corrected chi connectivity index (χ1v) is 8.65. The number of aliphatic imine (C=N–C) groups is 1. The predicted octanol–water partition coefficient (Wildman–Crippen LogP) is 6.12. The summed E-state index contributed by atoms with van der Waals surface area (Å²) in [5, 5.41) is 0.728. The molecule has 0 bridgehead atoms. The van der Waals surface area contributed by atoms with Crippen LogP contribution in [0.25, 0.3) is 0 Å². The fraction of sp³-hybridized carbons (Fsp3) is 0.562. The first-order chi connectivity index (χ1) is 10.8. The topological polar surface area (TPSA) is 12.4 Å². The third kappa shape index (κ3) is 5.19. The molecule has 1 aromatic rings. The number of hydrogen-bond acceptors (Lipinski definition) is 2. The summed E-state index contributed by atoms with van der Waals surface area (Å²) in [7, 11) is 0. The van der Waals surface area contributed by atoms with Crippen molar-refractivity contribution in [3.63, 3.8) is 0 Å². The third-order valence-corrected chi connectivity index (χ3v) is 4.89. The summed E-state index contributed by atoms with van der Waals surface area (Å²) in [6.07, 6.45) is -0.372. The van der Waals surface area contributed by atoms with Gasteiger partial charge >= 0.3 is 6.18 Å². The average molecular weight is 351 g/mol. The summed E-state index contributed by atoms with van der Waals surface area (Å²) in [5.41, 5.74) is 0.317. The van der Waals surface area contributed by atoms with Crippen LogP contribution in [-0.4, -0.2) is 17.5 Å². The third-order valence-electron chi connectivity index (χ3n) is 4.17. The lowest BCUT2D eigenvalue weighted by Crippen LogP contribution is -2.28. The fourth-order valence-corrected chi connectivity index (χ4v) is 3.41. The lowest BCUT2D eigenvalue weighted by Gasteiger charge is -2.29. The molecule has 0 unspecified atom stereocenters. The highest BCUT2D eigenvalue weighted by atomic mass is 32.2. The second-order valence-electron chi connectivity index (χ2n) is 5.77. The molecule has 0 radical (unpaired) electrons. The fourth-order valence-electron chi connectivity index (χ4n) is 2.81. The van der Waals surface area contributed by atoms with Crippen molar-refractivity contribution in [2.24, 2.45) is 16.8 Å². The Labute approximate surface area is 136 Å². The number of hydrogen-bond donors (Lipinski definition) is 0. The first-order valence-electron chi connectivity index (χ1n) is 7.43. The Morgan fingerprint density at radius 3 is 2.30 bits per heavy atom. The molecule has 1 aliphatic carbocycles. The van der Waals surface area contributed by atoms with E-state index in [-0.39, 0.29) is 18.8 Å². The maximum Gasteiger partial charge on any atom is 0.391 e. The smallest absolute Gasteiger partial charge is 0.246 e. The summed E-state index contributed by atoms with van der Waals surface area (Å²) in [6.45, 7) is 0. The molecule has 23 heavy (non-hydrogen) atoms. The van der Waals surface area contributed by atoms with Crippen molar-refractivity contribution in [3.8, 4) is 0 Å². The highest BCUT2D eigenvalue weighted by molar-refractivity contribution is 8.13. The molecule has 1 fully saturated rings. The quantitative estimate of drug-likeness (QED) is 0.363. The zero-order valence-electron chi connectivity index (χ0n) is 12.7. The Bertz CT molecular complexity index is 562. The number of rotatable bonds is 3. The summed E-state index contributed by atoms with van der Waals surface area (Å²) >= 11 is 1.39. The lowest BCUT2D eigenvalue weighted by atomic mass is 9.80. The van der Waals surface area contributed by atoms with E-state index in [1.54, 1.807) is 0 Å². The van der Waals surface area contributed by atoms with E-state index in [1.807, 2.05) is 6.26 Å². The van der Waals surface area contributed by atoms with Gasteiger partial charge in [-0.05, 0) is 56.4 Å². The summed E-state index contributed by atoms with van der Waals surface area (Å²) in [6, 6.07) is 3.42. The normalized spacial score (nSPS) is 23.1. The van der Waals surface area contributed by atoms with Crippen LogP contribution in [-0.2, 0) is 0 Å². The largest absolute Gasteiger partial charge is 0.391 e. The Kier molecular flexibility index (Phi) is 6.06. The SMILES string of the molecule is CSC(CC1CCC(C(F)(F)F)CC1)=Nc1ccc(F)c(F)c1. The number of benzene rings is 1. The first kappa shape index (κ1) is 18.2. The van der Waals surface area contributed by atoms with E-state index in [2.05, 4.69) is 4.99 Å². The van der Waals surface area contributed by atoms with Crippen LogP contribution in [0, 0.1) is 23.5 Å². The van der Waals surface area contributed by atoms with E-state index in [9.17, 15) is 22.0 Å². The molecule has 1 aromatic carbocycles.